The maximum atomic E-state index is 14.2. The van der Waals surface area contributed by atoms with Gasteiger partial charge in [0.1, 0.15) is 53.1 Å². The third kappa shape index (κ3) is 14.8. The molecule has 0 spiro atoms. The van der Waals surface area contributed by atoms with Crippen LogP contribution >= 0.6 is 23.2 Å². The van der Waals surface area contributed by atoms with Crippen molar-refractivity contribution in [2.45, 2.75) is 102 Å². The number of halogens is 2. The summed E-state index contributed by atoms with van der Waals surface area (Å²) in [4.78, 5) is 79.6. The van der Waals surface area contributed by atoms with E-state index in [0.717, 1.165) is 6.07 Å². The number of carbonyl (C=O) groups is 6. The van der Waals surface area contributed by atoms with E-state index in [9.17, 15) is 59.4 Å². The predicted octanol–water partition coefficient (Wildman–Crippen LogP) is 3.27. The number of phenols is 3. The van der Waals surface area contributed by atoms with Crippen LogP contribution in [0.4, 0.5) is 0 Å². The number of aliphatic hydroxyl groups excluding tert-OH is 3. The number of likely N-dealkylation sites (N-methyl/N-ethyl adjacent to an activating group) is 1. The van der Waals surface area contributed by atoms with Crippen LogP contribution in [0.5, 0.6) is 34.5 Å². The van der Waals surface area contributed by atoms with Gasteiger partial charge in [-0.25, -0.2) is 0 Å². The highest BCUT2D eigenvalue weighted by atomic mass is 35.5. The van der Waals surface area contributed by atoms with E-state index in [1.807, 2.05) is 13.8 Å². The molecular weight excluding hydrogens is 1080 g/mol. The largest absolute Gasteiger partial charge is 0.508 e. The minimum absolute atomic E-state index is 0.0402. The number of aryl methyl sites for hydroxylation is 1. The molecule has 428 valence electrons. The Labute approximate surface area is 470 Å². The third-order valence-corrected chi connectivity index (χ3v) is 14.0. The van der Waals surface area contributed by atoms with Crippen LogP contribution in [0.2, 0.25) is 5.02 Å². The SMILES string of the molecule is CNC(CC(C)C)C(=O)NC1C(=O)NC(CC(N)=O)C(=O)NC(C(=N)N)c2cc(c(O)c(Oc3ccc(C(O)CC(=O)NC(CO)c4cc(O)cc(O)c4-c4cc(CC(N)=O)ccc4C)cc3Cl)c2)OC2=C(Cl)C=C(C(C)C2)C1O. The molecule has 4 aromatic carbocycles. The molecule has 2 aliphatic heterocycles. The van der Waals surface area contributed by atoms with Gasteiger partial charge >= 0.3 is 0 Å². The van der Waals surface area contributed by atoms with Crippen LogP contribution in [-0.2, 0) is 35.2 Å². The summed E-state index contributed by atoms with van der Waals surface area (Å²) in [5.74, 6) is -8.77. The molecule has 0 saturated carbocycles. The highest BCUT2D eigenvalue weighted by Crippen LogP contribution is 2.46. The molecule has 0 fully saturated rings. The van der Waals surface area contributed by atoms with Gasteiger partial charge in [-0.1, -0.05) is 68.2 Å². The number of aromatic hydroxyl groups is 3. The van der Waals surface area contributed by atoms with E-state index in [2.05, 4.69) is 26.6 Å². The molecule has 6 amide bonds. The fourth-order valence-electron chi connectivity index (χ4n) is 9.35. The molecule has 0 saturated heterocycles. The van der Waals surface area contributed by atoms with Crippen LogP contribution in [0.15, 0.2) is 83.1 Å². The van der Waals surface area contributed by atoms with Crippen molar-refractivity contribution in [2.75, 3.05) is 13.7 Å². The van der Waals surface area contributed by atoms with Crippen molar-refractivity contribution in [1.29, 1.82) is 5.41 Å². The predicted molar refractivity (Wildman–Crippen MR) is 294 cm³/mol. The fourth-order valence-corrected chi connectivity index (χ4v) is 9.82. The number of hydrogen-bond acceptors (Lipinski definition) is 16. The average Bonchev–Trinajstić information content (AvgIpc) is 3.38. The zero-order valence-corrected chi connectivity index (χ0v) is 45.7. The number of nitrogens with one attached hydrogen (secondary N) is 6. The van der Waals surface area contributed by atoms with Gasteiger partial charge in [0.25, 0.3) is 0 Å². The van der Waals surface area contributed by atoms with Crippen molar-refractivity contribution in [2.24, 2.45) is 29.0 Å². The number of rotatable bonds is 19. The van der Waals surface area contributed by atoms with Gasteiger partial charge in [-0.3, -0.25) is 34.2 Å². The molecule has 4 aromatic rings. The summed E-state index contributed by atoms with van der Waals surface area (Å²) < 4.78 is 12.3. The number of primary amides is 2. The van der Waals surface area contributed by atoms with E-state index in [-0.39, 0.29) is 91.1 Å². The minimum atomic E-state index is -1.77. The Balaban J connectivity index is 1.31. The number of amides is 6. The topological polar surface area (TPSA) is 404 Å². The number of benzene rings is 4. The summed E-state index contributed by atoms with van der Waals surface area (Å²) >= 11 is 13.5. The fraction of sp³-hybridized carbons (Fsp3) is 0.364. The Hall–Kier alpha value is -7.93. The van der Waals surface area contributed by atoms with Gasteiger partial charge in [-0.05, 0) is 108 Å². The lowest BCUT2D eigenvalue weighted by molar-refractivity contribution is -0.135. The lowest BCUT2D eigenvalue weighted by atomic mass is 9.85. The van der Waals surface area contributed by atoms with E-state index < -0.39 is 115 Å². The molecule has 18 N–H and O–H groups in total. The normalized spacial score (nSPS) is 19.6. The average molecular weight is 1150 g/mol. The molecule has 8 atom stereocenters. The Morgan fingerprint density at radius 2 is 1.65 bits per heavy atom. The zero-order valence-electron chi connectivity index (χ0n) is 44.2. The summed E-state index contributed by atoms with van der Waals surface area (Å²) in [5.41, 5.74) is 19.1. The number of fused-ring (bicyclic) bond motifs is 9. The van der Waals surface area contributed by atoms with Gasteiger partial charge in [-0.2, -0.15) is 0 Å². The van der Waals surface area contributed by atoms with E-state index in [1.54, 1.807) is 39.1 Å². The Kier molecular flexibility index (Phi) is 20.2. The van der Waals surface area contributed by atoms with Crippen molar-refractivity contribution < 1.29 is 68.9 Å². The second-order valence-corrected chi connectivity index (χ2v) is 20.9. The molecule has 7 rings (SSSR count). The van der Waals surface area contributed by atoms with Crippen LogP contribution in [-0.4, -0.2) is 110 Å². The number of aliphatic hydroxyl groups is 3. The summed E-state index contributed by atoms with van der Waals surface area (Å²) in [6.07, 6.45) is -3.15. The van der Waals surface area contributed by atoms with Crippen LogP contribution in [0.25, 0.3) is 11.1 Å². The third-order valence-electron chi connectivity index (χ3n) is 13.4. The van der Waals surface area contributed by atoms with Gasteiger partial charge in [0, 0.05) is 18.1 Å². The van der Waals surface area contributed by atoms with E-state index in [0.29, 0.717) is 23.1 Å². The molecule has 4 bridgehead atoms. The van der Waals surface area contributed by atoms with E-state index in [4.69, 9.17) is 55.3 Å². The lowest BCUT2D eigenvalue weighted by Crippen LogP contribution is -2.61. The number of hydrogen-bond donors (Lipinski definition) is 15. The van der Waals surface area contributed by atoms with Crippen molar-refractivity contribution in [3.8, 4) is 45.6 Å². The highest BCUT2D eigenvalue weighted by molar-refractivity contribution is 6.32. The first-order chi connectivity index (χ1) is 37.7. The monoisotopic (exact) mass is 1150 g/mol. The minimum Gasteiger partial charge on any atom is -0.508 e. The maximum Gasteiger partial charge on any atom is 0.246 e. The number of nitrogens with two attached hydrogens (primary N) is 3. The van der Waals surface area contributed by atoms with Gasteiger partial charge < -0.3 is 83.9 Å². The number of carbonyl (C=O) groups excluding carboxylic acids is 6. The molecular formula is C55H65Cl2N9O14. The Morgan fingerprint density at radius 1 is 0.938 bits per heavy atom. The zero-order chi connectivity index (χ0) is 59.0. The maximum absolute atomic E-state index is 14.2. The summed E-state index contributed by atoms with van der Waals surface area (Å²) in [6.45, 7) is 6.47. The molecule has 1 aliphatic carbocycles. The lowest BCUT2D eigenvalue weighted by Gasteiger charge is -2.33. The molecule has 8 unspecified atom stereocenters. The van der Waals surface area contributed by atoms with Crippen LogP contribution < -0.4 is 53.3 Å². The number of phenolic OH excluding ortho intramolecular Hbond substituents is 3. The molecule has 2 heterocycles. The first-order valence-corrected chi connectivity index (χ1v) is 26.0. The van der Waals surface area contributed by atoms with E-state index >= 15 is 0 Å². The van der Waals surface area contributed by atoms with Crippen molar-refractivity contribution in [1.82, 2.24) is 26.6 Å². The number of ether oxygens (including phenoxy) is 2. The van der Waals surface area contributed by atoms with E-state index in [1.165, 1.54) is 42.5 Å². The van der Waals surface area contributed by atoms with Gasteiger partial charge in [0.2, 0.25) is 41.2 Å². The quantitative estimate of drug-likeness (QED) is 0.0473. The van der Waals surface area contributed by atoms with Crippen LogP contribution in [0.3, 0.4) is 0 Å². The van der Waals surface area contributed by atoms with Gasteiger partial charge in [-0.15, -0.1) is 0 Å². The molecule has 25 heteroatoms. The number of allylic oxidation sites excluding steroid dienone is 3. The Bertz CT molecular complexity index is 3150. The van der Waals surface area contributed by atoms with Crippen LogP contribution in [0, 0.1) is 24.2 Å². The standard InChI is InChI=1S/C55H65Cl2N9O14/c1-23(2)10-35(62-5)53(76)66-49-50(74)31-19-34(57)41(11-25(31)4)80-43-16-28(48(52(60)61)65-54(77)36(20-45(59)72)64-55(49)78)15-42(51(43)75)79-40-9-8-27(14-33(40)56)38(69)21-46(73)63-37(22-67)32-17-29(68)18-39(70)47(32)30-12-26(13-44(58)71)7-6-24(30)3/h6-9,12,14-19,23,25,35-38,48-50,62,67-70,74-75H,10-11,13,20-22H2,1-5H3,(H2,58,71)(H2,59,72)(H3,60,61)(H,63,73)(H,64,78)(H,65,77)(H,66,76). The smallest absolute Gasteiger partial charge is 0.246 e. The Morgan fingerprint density at radius 3 is 2.27 bits per heavy atom. The van der Waals surface area contributed by atoms with Crippen LogP contribution in [0.1, 0.15) is 92.5 Å². The van der Waals surface area contributed by atoms with Gasteiger partial charge in [0.05, 0.1) is 54.1 Å². The van der Waals surface area contributed by atoms with Gasteiger partial charge in [0.15, 0.2) is 11.5 Å². The second-order valence-electron chi connectivity index (χ2n) is 20.1. The van der Waals surface area contributed by atoms with Crippen molar-refractivity contribution in [3.05, 3.63) is 116 Å². The molecule has 80 heavy (non-hydrogen) atoms. The summed E-state index contributed by atoms with van der Waals surface area (Å²) in [6, 6.07) is 6.53. The summed E-state index contributed by atoms with van der Waals surface area (Å²) in [7, 11) is 1.55. The molecule has 0 radical (unpaired) electrons. The van der Waals surface area contributed by atoms with Crippen molar-refractivity contribution in [3.63, 3.8) is 0 Å². The molecule has 23 nitrogen and oxygen atoms in total. The first kappa shape index (κ1) is 61.3. The first-order valence-electron chi connectivity index (χ1n) is 25.2. The van der Waals surface area contributed by atoms with Crippen molar-refractivity contribution >= 4 is 64.5 Å². The number of amidine groups is 1. The molecule has 3 aliphatic rings. The molecule has 0 aromatic heterocycles. The highest BCUT2D eigenvalue weighted by Gasteiger charge is 2.39. The summed E-state index contributed by atoms with van der Waals surface area (Å²) in [5, 5.41) is 88.5. The second kappa shape index (κ2) is 26.4.